The van der Waals surface area contributed by atoms with Gasteiger partial charge in [0.25, 0.3) is 0 Å². The zero-order chi connectivity index (χ0) is 15.2. The molecule has 21 heavy (non-hydrogen) atoms. The number of halogens is 1. The highest BCUT2D eigenvalue weighted by Gasteiger charge is 2.20. The summed E-state index contributed by atoms with van der Waals surface area (Å²) < 4.78 is 13.3. The monoisotopic (exact) mass is 305 g/mol. The molecule has 0 heterocycles. The Hall–Kier alpha value is -2.05. The van der Waals surface area contributed by atoms with E-state index in [9.17, 15) is 9.18 Å². The summed E-state index contributed by atoms with van der Waals surface area (Å²) in [4.78, 5) is 12.5. The summed E-state index contributed by atoms with van der Waals surface area (Å²) in [5, 5.41) is 0. The third-order valence-corrected chi connectivity index (χ3v) is 4.21. The zero-order valence-electron chi connectivity index (χ0n) is 11.3. The molecular weight excluding hydrogens is 289 g/mol. The quantitative estimate of drug-likeness (QED) is 0.260. The first-order valence-electron chi connectivity index (χ1n) is 6.35. The molecule has 2 rings (SSSR count). The number of amides is 1. The van der Waals surface area contributed by atoms with Gasteiger partial charge < -0.3 is 5.73 Å². The number of nitrogens with two attached hydrogens (primary N) is 2. The highest BCUT2D eigenvalue weighted by molar-refractivity contribution is 7.99. The topological polar surface area (TPSA) is 81.1 Å². The molecule has 110 valence electrons. The van der Waals surface area contributed by atoms with E-state index >= 15 is 0 Å². The average Bonchev–Trinajstić information content (AvgIpc) is 2.51. The second-order valence-electron chi connectivity index (χ2n) is 4.47. The minimum Gasteiger partial charge on any atom is -0.398 e. The normalized spacial score (nSPS) is 11.9. The molecule has 2 aromatic carbocycles. The van der Waals surface area contributed by atoms with Crippen molar-refractivity contribution in [2.75, 3.05) is 11.5 Å². The van der Waals surface area contributed by atoms with E-state index in [2.05, 4.69) is 5.43 Å². The van der Waals surface area contributed by atoms with Crippen molar-refractivity contribution < 1.29 is 9.18 Å². The van der Waals surface area contributed by atoms with Crippen LogP contribution >= 0.6 is 11.8 Å². The van der Waals surface area contributed by atoms with Crippen LogP contribution in [0.1, 0.15) is 11.5 Å². The Morgan fingerprint density at radius 3 is 2.62 bits per heavy atom. The van der Waals surface area contributed by atoms with Gasteiger partial charge >= 0.3 is 0 Å². The van der Waals surface area contributed by atoms with E-state index in [1.807, 2.05) is 30.3 Å². The number of benzene rings is 2. The lowest BCUT2D eigenvalue weighted by atomic mass is 10.0. The molecule has 0 bridgehead atoms. The van der Waals surface area contributed by atoms with Crippen LogP contribution in [0.4, 0.5) is 10.1 Å². The number of thioether (sulfide) groups is 1. The van der Waals surface area contributed by atoms with E-state index in [0.29, 0.717) is 16.3 Å². The fraction of sp³-hybridized carbons (Fsp3) is 0.133. The molecule has 0 saturated heterocycles. The van der Waals surface area contributed by atoms with Crippen molar-refractivity contribution in [3.05, 3.63) is 59.9 Å². The van der Waals surface area contributed by atoms with Crippen LogP contribution < -0.4 is 17.0 Å². The van der Waals surface area contributed by atoms with Crippen molar-refractivity contribution in [1.82, 2.24) is 5.43 Å². The van der Waals surface area contributed by atoms with Crippen LogP contribution in [0.25, 0.3) is 0 Å². The van der Waals surface area contributed by atoms with E-state index in [1.165, 1.54) is 30.0 Å². The molecule has 0 fully saturated rings. The highest BCUT2D eigenvalue weighted by atomic mass is 32.2. The third kappa shape index (κ3) is 3.96. The van der Waals surface area contributed by atoms with Crippen molar-refractivity contribution in [2.45, 2.75) is 10.8 Å². The smallest absolute Gasteiger partial charge is 0.242 e. The summed E-state index contributed by atoms with van der Waals surface area (Å²) in [5.74, 6) is 4.59. The predicted octanol–water partition coefficient (Wildman–Crippen LogP) is 2.27. The lowest BCUT2D eigenvalue weighted by Gasteiger charge is -2.16. The molecule has 5 N–H and O–H groups in total. The predicted molar refractivity (Wildman–Crippen MR) is 83.0 cm³/mol. The molecule has 1 amide bonds. The summed E-state index contributed by atoms with van der Waals surface area (Å²) in [6, 6.07) is 13.5. The van der Waals surface area contributed by atoms with Gasteiger partial charge in [0.15, 0.2) is 0 Å². The maximum atomic E-state index is 13.3. The number of hydrogen-bond acceptors (Lipinski definition) is 4. The van der Waals surface area contributed by atoms with Gasteiger partial charge in [-0.15, -0.1) is 11.8 Å². The average molecular weight is 305 g/mol. The van der Waals surface area contributed by atoms with E-state index in [-0.39, 0.29) is 11.7 Å². The first-order valence-corrected chi connectivity index (χ1v) is 7.33. The minimum atomic E-state index is -0.427. The lowest BCUT2D eigenvalue weighted by molar-refractivity contribution is -0.122. The second-order valence-corrected chi connectivity index (χ2v) is 5.53. The van der Waals surface area contributed by atoms with Crippen molar-refractivity contribution in [3.8, 4) is 0 Å². The summed E-state index contributed by atoms with van der Waals surface area (Å²) in [7, 11) is 0. The summed E-state index contributed by atoms with van der Waals surface area (Å²) in [6.45, 7) is 0. The lowest BCUT2D eigenvalue weighted by Crippen LogP contribution is -2.35. The largest absolute Gasteiger partial charge is 0.398 e. The van der Waals surface area contributed by atoms with Gasteiger partial charge in [0.2, 0.25) is 5.91 Å². The number of rotatable bonds is 5. The number of hydrazine groups is 1. The van der Waals surface area contributed by atoms with Crippen LogP contribution in [0.2, 0.25) is 0 Å². The fourth-order valence-corrected chi connectivity index (χ4v) is 3.04. The van der Waals surface area contributed by atoms with Gasteiger partial charge in [0.05, 0.1) is 5.92 Å². The maximum absolute atomic E-state index is 13.3. The van der Waals surface area contributed by atoms with Crippen LogP contribution in [0.15, 0.2) is 53.4 Å². The molecule has 4 nitrogen and oxygen atoms in total. The number of hydrogen-bond donors (Lipinski definition) is 3. The molecule has 0 spiro atoms. The van der Waals surface area contributed by atoms with Gasteiger partial charge in [-0.1, -0.05) is 30.3 Å². The number of anilines is 1. The number of carbonyl (C=O) groups is 1. The summed E-state index contributed by atoms with van der Waals surface area (Å²) in [6.07, 6.45) is 0. The minimum absolute atomic E-state index is 0.288. The van der Waals surface area contributed by atoms with Crippen molar-refractivity contribution in [3.63, 3.8) is 0 Å². The van der Waals surface area contributed by atoms with Gasteiger partial charge in [-0.25, -0.2) is 10.2 Å². The molecular formula is C15H16FN3OS. The van der Waals surface area contributed by atoms with Crippen LogP contribution in [0.5, 0.6) is 0 Å². The van der Waals surface area contributed by atoms with Gasteiger partial charge in [-0.05, 0) is 23.8 Å². The third-order valence-electron chi connectivity index (χ3n) is 3.04. The summed E-state index contributed by atoms with van der Waals surface area (Å²) in [5.41, 5.74) is 9.32. The second kappa shape index (κ2) is 7.10. The van der Waals surface area contributed by atoms with Crippen LogP contribution in [-0.4, -0.2) is 11.7 Å². The van der Waals surface area contributed by atoms with Gasteiger partial charge in [-0.2, -0.15) is 0 Å². The Labute approximate surface area is 126 Å². The number of carbonyl (C=O) groups excluding carboxylic acids is 1. The van der Waals surface area contributed by atoms with Crippen molar-refractivity contribution in [1.29, 1.82) is 0 Å². The molecule has 0 aliphatic heterocycles. The van der Waals surface area contributed by atoms with Crippen molar-refractivity contribution >= 4 is 23.4 Å². The number of nitrogen functional groups attached to an aromatic ring is 1. The molecule has 2 aromatic rings. The molecule has 0 saturated carbocycles. The molecule has 0 aliphatic rings. The Kier molecular flexibility index (Phi) is 5.19. The standard InChI is InChI=1S/C15H16FN3OS/c16-11-6-7-13(17)14(8-11)21-9-12(15(20)19-18)10-4-2-1-3-5-10/h1-8,12H,9,17-18H2,(H,19,20). The van der Waals surface area contributed by atoms with Gasteiger partial charge in [0, 0.05) is 16.3 Å². The molecule has 1 unspecified atom stereocenters. The molecule has 0 aromatic heterocycles. The van der Waals surface area contributed by atoms with Crippen molar-refractivity contribution in [2.24, 2.45) is 5.84 Å². The molecule has 0 aliphatic carbocycles. The van der Waals surface area contributed by atoms with E-state index in [1.54, 1.807) is 0 Å². The van der Waals surface area contributed by atoms with Gasteiger partial charge in [-0.3, -0.25) is 10.2 Å². The Balaban J connectivity index is 2.16. The Morgan fingerprint density at radius 2 is 1.95 bits per heavy atom. The molecule has 1 atom stereocenters. The van der Waals surface area contributed by atoms with E-state index in [4.69, 9.17) is 11.6 Å². The first kappa shape index (κ1) is 15.3. The zero-order valence-corrected chi connectivity index (χ0v) is 12.1. The Morgan fingerprint density at radius 1 is 1.24 bits per heavy atom. The number of nitrogens with one attached hydrogen (secondary N) is 1. The van der Waals surface area contributed by atoms with Crippen LogP contribution in [-0.2, 0) is 4.79 Å². The van der Waals surface area contributed by atoms with Crippen LogP contribution in [0, 0.1) is 5.82 Å². The fourth-order valence-electron chi connectivity index (χ4n) is 1.92. The first-order chi connectivity index (χ1) is 10.1. The van der Waals surface area contributed by atoms with E-state index < -0.39 is 5.92 Å². The van der Waals surface area contributed by atoms with Gasteiger partial charge in [0.1, 0.15) is 5.82 Å². The van der Waals surface area contributed by atoms with Crippen LogP contribution in [0.3, 0.4) is 0 Å². The summed E-state index contributed by atoms with van der Waals surface area (Å²) >= 11 is 1.33. The SMILES string of the molecule is NNC(=O)C(CSc1cc(F)ccc1N)c1ccccc1. The Bertz CT molecular complexity index is 622. The molecule has 0 radical (unpaired) electrons. The highest BCUT2D eigenvalue weighted by Crippen LogP contribution is 2.30. The maximum Gasteiger partial charge on any atom is 0.242 e. The molecule has 6 heteroatoms. The van der Waals surface area contributed by atoms with E-state index in [0.717, 1.165) is 5.56 Å².